The molecule has 14 heteroatoms. The Bertz CT molecular complexity index is 1680. The number of amides is 2. The van der Waals surface area contributed by atoms with Crippen LogP contribution < -0.4 is 20.7 Å². The summed E-state index contributed by atoms with van der Waals surface area (Å²) in [4.78, 5) is 28.3. The van der Waals surface area contributed by atoms with Crippen LogP contribution in [0.1, 0.15) is 33.6 Å². The van der Waals surface area contributed by atoms with Gasteiger partial charge in [0.1, 0.15) is 17.6 Å². The number of benzene rings is 2. The lowest BCUT2D eigenvalue weighted by atomic mass is 10.0. The predicted molar refractivity (Wildman–Crippen MR) is 170 cm³/mol. The topological polar surface area (TPSA) is 110 Å². The van der Waals surface area contributed by atoms with Gasteiger partial charge >= 0.3 is 6.18 Å². The van der Waals surface area contributed by atoms with E-state index in [1.165, 1.54) is 7.05 Å². The van der Waals surface area contributed by atoms with Crippen LogP contribution in [-0.4, -0.2) is 87.8 Å². The fourth-order valence-corrected chi connectivity index (χ4v) is 6.29. The minimum absolute atomic E-state index is 0.0478. The van der Waals surface area contributed by atoms with Crippen molar-refractivity contribution in [2.75, 3.05) is 64.6 Å². The first-order valence-electron chi connectivity index (χ1n) is 14.5. The number of rotatable bonds is 10. The highest BCUT2D eigenvalue weighted by Crippen LogP contribution is 2.39. The maximum Gasteiger partial charge on any atom is 0.393 e. The van der Waals surface area contributed by atoms with E-state index in [0.717, 1.165) is 23.5 Å². The average molecular weight is 659 g/mol. The van der Waals surface area contributed by atoms with Crippen molar-refractivity contribution in [3.8, 4) is 23.7 Å². The Morgan fingerprint density at radius 1 is 1.17 bits per heavy atom. The van der Waals surface area contributed by atoms with Gasteiger partial charge in [-0.2, -0.15) is 18.4 Å². The van der Waals surface area contributed by atoms with E-state index in [1.807, 2.05) is 30.0 Å². The standard InChI is InChI=1S/C32H34F4N6O3S/c1-38-31(44)22-16-27(45-15-11-37)26(17-24(22)33)39-12-5-8-28-23(18-32(34,35)36)21-6-4-7-25(30(21)46-28)40-20-9-13-42(14-10-20)29(43)19-41(2)3/h4,6-7,16-17,20,39-40H,9-10,12-15,18-19H2,1-3H3,(H,38,44). The fourth-order valence-electron chi connectivity index (χ4n) is 5.12. The zero-order valence-corrected chi connectivity index (χ0v) is 26.4. The van der Waals surface area contributed by atoms with E-state index >= 15 is 0 Å². The lowest BCUT2D eigenvalue weighted by Gasteiger charge is -2.33. The van der Waals surface area contributed by atoms with Crippen LogP contribution >= 0.6 is 11.3 Å². The molecule has 1 aliphatic heterocycles. The molecule has 0 radical (unpaired) electrons. The van der Waals surface area contributed by atoms with Crippen molar-refractivity contribution in [1.82, 2.24) is 15.1 Å². The summed E-state index contributed by atoms with van der Waals surface area (Å²) in [5, 5.41) is 18.0. The van der Waals surface area contributed by atoms with Crippen LogP contribution in [-0.2, 0) is 11.2 Å². The van der Waals surface area contributed by atoms with E-state index in [-0.39, 0.29) is 52.5 Å². The summed E-state index contributed by atoms with van der Waals surface area (Å²) in [6, 6.07) is 9.25. The molecule has 4 rings (SSSR count). The summed E-state index contributed by atoms with van der Waals surface area (Å²) in [6.45, 7) is 1.08. The van der Waals surface area contributed by atoms with Gasteiger partial charge in [0.15, 0.2) is 6.61 Å². The lowest BCUT2D eigenvalue weighted by Crippen LogP contribution is -2.45. The van der Waals surface area contributed by atoms with Gasteiger partial charge in [-0.05, 0) is 50.0 Å². The second kappa shape index (κ2) is 15.2. The third kappa shape index (κ3) is 8.80. The van der Waals surface area contributed by atoms with Crippen LogP contribution in [0.4, 0.5) is 28.9 Å². The van der Waals surface area contributed by atoms with E-state index in [0.29, 0.717) is 48.2 Å². The maximum atomic E-state index is 14.6. The molecule has 1 saturated heterocycles. The number of carbonyl (C=O) groups is 2. The van der Waals surface area contributed by atoms with Crippen molar-refractivity contribution in [3.63, 3.8) is 0 Å². The molecule has 0 aliphatic carbocycles. The first-order valence-corrected chi connectivity index (χ1v) is 15.3. The van der Waals surface area contributed by atoms with Gasteiger partial charge < -0.3 is 30.5 Å². The number of hydrogen-bond donors (Lipinski definition) is 3. The number of halogens is 4. The van der Waals surface area contributed by atoms with Crippen molar-refractivity contribution in [3.05, 3.63) is 52.2 Å². The van der Waals surface area contributed by atoms with E-state index in [9.17, 15) is 27.2 Å². The van der Waals surface area contributed by atoms with Crippen LogP contribution in [0.15, 0.2) is 30.3 Å². The molecule has 3 N–H and O–H groups in total. The van der Waals surface area contributed by atoms with E-state index < -0.39 is 24.3 Å². The normalized spacial score (nSPS) is 13.6. The number of nitrogens with one attached hydrogen (secondary N) is 3. The number of fused-ring (bicyclic) bond motifs is 1. The lowest BCUT2D eigenvalue weighted by molar-refractivity contribution is -0.132. The summed E-state index contributed by atoms with van der Waals surface area (Å²) >= 11 is 1.16. The van der Waals surface area contributed by atoms with Crippen LogP contribution in [0.25, 0.3) is 10.1 Å². The molecule has 0 spiro atoms. The molecule has 244 valence electrons. The molecule has 2 amide bonds. The molecule has 2 heterocycles. The highest BCUT2D eigenvalue weighted by molar-refractivity contribution is 7.20. The van der Waals surface area contributed by atoms with E-state index in [2.05, 4.69) is 27.8 Å². The average Bonchev–Trinajstić information content (AvgIpc) is 3.34. The van der Waals surface area contributed by atoms with Crippen LogP contribution in [0.3, 0.4) is 0 Å². The van der Waals surface area contributed by atoms with Gasteiger partial charge in [0.05, 0.1) is 46.0 Å². The molecular formula is C32H34F4N6O3S. The molecule has 1 fully saturated rings. The van der Waals surface area contributed by atoms with Crippen molar-refractivity contribution in [1.29, 1.82) is 5.26 Å². The Kier molecular flexibility index (Phi) is 11.3. The SMILES string of the molecule is CNC(=O)c1cc(OCC#N)c(NCC#Cc2sc3c(NC4CCN(C(=O)CN(C)C)CC4)cccc3c2CC(F)(F)F)cc1F. The third-order valence-corrected chi connectivity index (χ3v) is 8.45. The Balaban J connectivity index is 1.55. The number of hydrogen-bond acceptors (Lipinski definition) is 8. The van der Waals surface area contributed by atoms with Gasteiger partial charge in [-0.1, -0.05) is 24.0 Å². The van der Waals surface area contributed by atoms with E-state index in [1.54, 1.807) is 18.2 Å². The zero-order valence-electron chi connectivity index (χ0n) is 25.6. The first kappa shape index (κ1) is 34.3. The van der Waals surface area contributed by atoms with Crippen molar-refractivity contribution >= 4 is 44.6 Å². The molecule has 0 unspecified atom stereocenters. The summed E-state index contributed by atoms with van der Waals surface area (Å²) in [5.41, 5.74) is 0.636. The molecule has 1 aliphatic rings. The molecule has 9 nitrogen and oxygen atoms in total. The molecule has 2 aromatic carbocycles. The van der Waals surface area contributed by atoms with Gasteiger partial charge in [0.2, 0.25) is 5.91 Å². The Labute approximate surface area is 268 Å². The Hall–Kier alpha value is -4.53. The second-order valence-electron chi connectivity index (χ2n) is 10.9. The number of nitriles is 1. The quantitative estimate of drug-likeness (QED) is 0.212. The van der Waals surface area contributed by atoms with Crippen LogP contribution in [0, 0.1) is 29.0 Å². The minimum Gasteiger partial charge on any atom is -0.477 e. The zero-order chi connectivity index (χ0) is 33.4. The first-order chi connectivity index (χ1) is 21.9. The van der Waals surface area contributed by atoms with Gasteiger partial charge in [-0.15, -0.1) is 11.3 Å². The molecule has 1 aromatic heterocycles. The molecule has 0 saturated carbocycles. The van der Waals surface area contributed by atoms with Gasteiger partial charge in [0, 0.05) is 32.2 Å². The Morgan fingerprint density at radius 2 is 1.91 bits per heavy atom. The van der Waals surface area contributed by atoms with Crippen molar-refractivity contribution in [2.24, 2.45) is 0 Å². The Morgan fingerprint density at radius 3 is 2.57 bits per heavy atom. The molecule has 3 aromatic rings. The number of thiophene rings is 1. The second-order valence-corrected chi connectivity index (χ2v) is 12.0. The highest BCUT2D eigenvalue weighted by atomic mass is 32.1. The number of ether oxygens (including phenoxy) is 1. The number of carbonyl (C=O) groups excluding carboxylic acids is 2. The third-order valence-electron chi connectivity index (χ3n) is 7.26. The van der Waals surface area contributed by atoms with Gasteiger partial charge in [0.25, 0.3) is 5.91 Å². The number of likely N-dealkylation sites (tertiary alicyclic amines) is 1. The molecular weight excluding hydrogens is 624 g/mol. The smallest absolute Gasteiger partial charge is 0.393 e. The summed E-state index contributed by atoms with van der Waals surface area (Å²) in [6.07, 6.45) is -4.20. The highest BCUT2D eigenvalue weighted by Gasteiger charge is 2.31. The monoisotopic (exact) mass is 658 g/mol. The molecule has 46 heavy (non-hydrogen) atoms. The largest absolute Gasteiger partial charge is 0.477 e. The molecule has 0 atom stereocenters. The number of piperidine rings is 1. The number of likely N-dealkylation sites (N-methyl/N-ethyl adjacent to an activating group) is 1. The summed E-state index contributed by atoms with van der Waals surface area (Å²) in [7, 11) is 5.03. The minimum atomic E-state index is -4.46. The fraction of sp³-hybridized carbons (Fsp3) is 0.406. The predicted octanol–water partition coefficient (Wildman–Crippen LogP) is 4.84. The van der Waals surface area contributed by atoms with Crippen LogP contribution in [0.2, 0.25) is 0 Å². The van der Waals surface area contributed by atoms with Crippen LogP contribution in [0.5, 0.6) is 5.75 Å². The maximum absolute atomic E-state index is 14.6. The molecule has 0 bridgehead atoms. The van der Waals surface area contributed by atoms with Crippen molar-refractivity contribution < 1.29 is 31.9 Å². The number of nitrogens with zero attached hydrogens (tertiary/aromatic N) is 3. The van der Waals surface area contributed by atoms with Crippen molar-refractivity contribution in [2.45, 2.75) is 31.5 Å². The summed E-state index contributed by atoms with van der Waals surface area (Å²) < 4.78 is 61.7. The van der Waals surface area contributed by atoms with Gasteiger partial charge in [-0.3, -0.25) is 9.59 Å². The number of anilines is 2. The number of alkyl halides is 3. The van der Waals surface area contributed by atoms with Gasteiger partial charge in [-0.25, -0.2) is 4.39 Å². The van der Waals surface area contributed by atoms with E-state index in [4.69, 9.17) is 10.00 Å². The summed E-state index contributed by atoms with van der Waals surface area (Å²) in [5.74, 6) is 4.27.